The molecular weight excluding hydrogens is 264 g/mol. The number of halogens is 1. The Labute approximate surface area is 94.1 Å². The minimum absolute atomic E-state index is 0.250. The van der Waals surface area contributed by atoms with E-state index in [9.17, 15) is 0 Å². The highest BCUT2D eigenvalue weighted by molar-refractivity contribution is 9.11. The predicted molar refractivity (Wildman–Crippen MR) is 59.2 cm³/mol. The second-order valence-corrected chi connectivity index (χ2v) is 5.59. The van der Waals surface area contributed by atoms with Gasteiger partial charge in [-0.2, -0.15) is 4.80 Å². The summed E-state index contributed by atoms with van der Waals surface area (Å²) in [6, 6.07) is 4.21. The summed E-state index contributed by atoms with van der Waals surface area (Å²) >= 11 is 5.01. The van der Waals surface area contributed by atoms with Crippen LogP contribution in [0.4, 0.5) is 0 Å². The Morgan fingerprint density at radius 1 is 1.43 bits per heavy atom. The van der Waals surface area contributed by atoms with Gasteiger partial charge in [-0.1, -0.05) is 0 Å². The van der Waals surface area contributed by atoms with Gasteiger partial charge in [0.2, 0.25) is 5.82 Å². The first-order chi connectivity index (χ1) is 6.66. The Hall–Kier alpha value is -0.750. The highest BCUT2D eigenvalue weighted by Crippen LogP contribution is 2.28. The maximum atomic E-state index is 4.28. The van der Waals surface area contributed by atoms with E-state index in [1.807, 2.05) is 26.0 Å². The van der Waals surface area contributed by atoms with Crippen molar-refractivity contribution in [2.24, 2.45) is 0 Å². The topological polar surface area (TPSA) is 43.6 Å². The summed E-state index contributed by atoms with van der Waals surface area (Å²) in [6.45, 7) is 4.05. The lowest BCUT2D eigenvalue weighted by Gasteiger charge is -1.98. The Morgan fingerprint density at radius 2 is 2.21 bits per heavy atom. The molecule has 0 spiro atoms. The number of nitrogens with zero attached hydrogens (tertiary/aromatic N) is 4. The van der Waals surface area contributed by atoms with Gasteiger partial charge in [0.15, 0.2) is 0 Å². The monoisotopic (exact) mass is 272 g/mol. The van der Waals surface area contributed by atoms with Crippen LogP contribution in [0.1, 0.15) is 19.9 Å². The van der Waals surface area contributed by atoms with E-state index in [-0.39, 0.29) is 6.04 Å². The summed E-state index contributed by atoms with van der Waals surface area (Å²) in [5.41, 5.74) is 0. The molecule has 2 aromatic rings. The second kappa shape index (κ2) is 3.78. The van der Waals surface area contributed by atoms with Gasteiger partial charge in [0.1, 0.15) is 0 Å². The van der Waals surface area contributed by atoms with Crippen LogP contribution in [-0.2, 0) is 0 Å². The van der Waals surface area contributed by atoms with Gasteiger partial charge in [-0.05, 0) is 47.1 Å². The van der Waals surface area contributed by atoms with Crippen molar-refractivity contribution in [3.63, 3.8) is 0 Å². The molecule has 0 atom stereocenters. The van der Waals surface area contributed by atoms with Gasteiger partial charge >= 0.3 is 0 Å². The van der Waals surface area contributed by atoms with Gasteiger partial charge in [-0.3, -0.25) is 0 Å². The smallest absolute Gasteiger partial charge is 0.161 e. The van der Waals surface area contributed by atoms with Crippen LogP contribution in [0.3, 0.4) is 0 Å². The van der Waals surface area contributed by atoms with E-state index < -0.39 is 0 Å². The molecule has 0 unspecified atom stereocenters. The summed E-state index contributed by atoms with van der Waals surface area (Å²) < 4.78 is 1.08. The third kappa shape index (κ3) is 1.85. The van der Waals surface area contributed by atoms with Crippen LogP contribution in [0.5, 0.6) is 0 Å². The molecule has 0 bridgehead atoms. The molecule has 0 fully saturated rings. The number of thiophene rings is 1. The minimum Gasteiger partial charge on any atom is -0.161 e. The van der Waals surface area contributed by atoms with Gasteiger partial charge < -0.3 is 0 Å². The predicted octanol–water partition coefficient (Wildman–Crippen LogP) is 2.75. The van der Waals surface area contributed by atoms with Crippen molar-refractivity contribution in [2.45, 2.75) is 19.9 Å². The van der Waals surface area contributed by atoms with Crippen LogP contribution in [0.25, 0.3) is 10.7 Å². The van der Waals surface area contributed by atoms with Crippen LogP contribution in [0.2, 0.25) is 0 Å². The van der Waals surface area contributed by atoms with Crippen molar-refractivity contribution < 1.29 is 0 Å². The Balaban J connectivity index is 2.33. The normalized spacial score (nSPS) is 11.1. The maximum absolute atomic E-state index is 4.28. The first-order valence-corrected chi connectivity index (χ1v) is 5.83. The Kier molecular flexibility index (Phi) is 2.64. The van der Waals surface area contributed by atoms with Crippen LogP contribution in [0.15, 0.2) is 15.9 Å². The molecule has 74 valence electrons. The van der Waals surface area contributed by atoms with Crippen molar-refractivity contribution in [2.75, 3.05) is 0 Å². The van der Waals surface area contributed by atoms with E-state index in [4.69, 9.17) is 0 Å². The molecule has 2 rings (SSSR count). The fourth-order valence-corrected chi connectivity index (χ4v) is 2.29. The number of rotatable bonds is 2. The molecule has 0 aliphatic heterocycles. The zero-order valence-electron chi connectivity index (χ0n) is 7.81. The molecule has 0 amide bonds. The lowest BCUT2D eigenvalue weighted by molar-refractivity contribution is 0.455. The standard InChI is InChI=1S/C8H9BrN4S/c1-5(2)13-11-8(10-12-13)6-3-4-7(9)14-6/h3-5H,1-2H3. The summed E-state index contributed by atoms with van der Waals surface area (Å²) in [6.07, 6.45) is 0. The average Bonchev–Trinajstić information content (AvgIpc) is 2.70. The molecule has 0 radical (unpaired) electrons. The zero-order chi connectivity index (χ0) is 10.1. The van der Waals surface area contributed by atoms with Crippen LogP contribution >= 0.6 is 27.3 Å². The Bertz CT molecular complexity index is 434. The quantitative estimate of drug-likeness (QED) is 0.845. The van der Waals surface area contributed by atoms with Crippen molar-refractivity contribution in [1.82, 2.24) is 20.2 Å². The SMILES string of the molecule is CC(C)n1nnc(-c2ccc(Br)s2)n1. The molecule has 0 aliphatic carbocycles. The molecule has 0 aliphatic rings. The summed E-state index contributed by atoms with van der Waals surface area (Å²) in [4.78, 5) is 2.65. The van der Waals surface area contributed by atoms with Crippen molar-refractivity contribution in [3.05, 3.63) is 15.9 Å². The molecule has 6 heteroatoms. The first kappa shape index (κ1) is 9.79. The van der Waals surface area contributed by atoms with E-state index in [2.05, 4.69) is 31.3 Å². The van der Waals surface area contributed by atoms with Gasteiger partial charge in [0.05, 0.1) is 14.7 Å². The number of hydrogen-bond donors (Lipinski definition) is 0. The largest absolute Gasteiger partial charge is 0.214 e. The van der Waals surface area contributed by atoms with Crippen molar-refractivity contribution >= 4 is 27.3 Å². The second-order valence-electron chi connectivity index (χ2n) is 3.13. The van der Waals surface area contributed by atoms with Crippen molar-refractivity contribution in [1.29, 1.82) is 0 Å². The van der Waals surface area contributed by atoms with E-state index in [1.54, 1.807) is 16.1 Å². The number of tetrazole rings is 1. The highest BCUT2D eigenvalue weighted by Gasteiger charge is 2.09. The van der Waals surface area contributed by atoms with Gasteiger partial charge in [0, 0.05) is 0 Å². The zero-order valence-corrected chi connectivity index (χ0v) is 10.2. The van der Waals surface area contributed by atoms with Crippen LogP contribution < -0.4 is 0 Å². The summed E-state index contributed by atoms with van der Waals surface area (Å²) in [5, 5.41) is 12.2. The average molecular weight is 273 g/mol. The van der Waals surface area contributed by atoms with Gasteiger partial charge in [0.25, 0.3) is 0 Å². The highest BCUT2D eigenvalue weighted by atomic mass is 79.9. The van der Waals surface area contributed by atoms with Gasteiger partial charge in [-0.25, -0.2) is 0 Å². The molecular formula is C8H9BrN4S. The number of aromatic nitrogens is 4. The molecule has 2 heterocycles. The first-order valence-electron chi connectivity index (χ1n) is 4.22. The third-order valence-electron chi connectivity index (χ3n) is 1.68. The lowest BCUT2D eigenvalue weighted by atomic mass is 10.4. The van der Waals surface area contributed by atoms with Crippen LogP contribution in [0, 0.1) is 0 Å². The fraction of sp³-hybridized carbons (Fsp3) is 0.375. The molecule has 0 saturated carbocycles. The third-order valence-corrected chi connectivity index (χ3v) is 3.30. The Morgan fingerprint density at radius 3 is 2.71 bits per heavy atom. The van der Waals surface area contributed by atoms with Crippen molar-refractivity contribution in [3.8, 4) is 10.7 Å². The van der Waals surface area contributed by atoms with Crippen LogP contribution in [-0.4, -0.2) is 20.2 Å². The van der Waals surface area contributed by atoms with E-state index in [1.165, 1.54) is 0 Å². The fourth-order valence-electron chi connectivity index (χ4n) is 0.977. The van der Waals surface area contributed by atoms with E-state index in [0.29, 0.717) is 5.82 Å². The minimum atomic E-state index is 0.250. The number of hydrogen-bond acceptors (Lipinski definition) is 4. The van der Waals surface area contributed by atoms with E-state index >= 15 is 0 Å². The summed E-state index contributed by atoms with van der Waals surface area (Å²) in [7, 11) is 0. The lowest BCUT2D eigenvalue weighted by Crippen LogP contribution is -2.04. The maximum Gasteiger partial charge on any atom is 0.214 e. The molecule has 4 nitrogen and oxygen atoms in total. The molecule has 0 aromatic carbocycles. The van der Waals surface area contributed by atoms with Gasteiger partial charge in [-0.15, -0.1) is 21.5 Å². The molecule has 0 N–H and O–H groups in total. The van der Waals surface area contributed by atoms with E-state index in [0.717, 1.165) is 8.66 Å². The molecule has 0 saturated heterocycles. The molecule has 14 heavy (non-hydrogen) atoms. The summed E-state index contributed by atoms with van der Waals surface area (Å²) in [5.74, 6) is 0.689. The molecule has 2 aromatic heterocycles.